The van der Waals surface area contributed by atoms with Crippen LogP contribution in [0.5, 0.6) is 0 Å². The van der Waals surface area contributed by atoms with Gasteiger partial charge in [-0.15, -0.1) is 0 Å². The smallest absolute Gasteiger partial charge is 0.0575 e. The SMILES string of the molecule is C(#Cc1ccccc1)CCOCC1CC1. The summed E-state index contributed by atoms with van der Waals surface area (Å²) in [5.41, 5.74) is 1.08. The van der Waals surface area contributed by atoms with Gasteiger partial charge in [0.15, 0.2) is 0 Å². The zero-order valence-corrected chi connectivity index (χ0v) is 8.91. The van der Waals surface area contributed by atoms with Crippen LogP contribution in [-0.2, 0) is 4.74 Å². The van der Waals surface area contributed by atoms with E-state index in [1.807, 2.05) is 30.3 Å². The Hall–Kier alpha value is -1.26. The fourth-order valence-electron chi connectivity index (χ4n) is 1.34. The molecular weight excluding hydrogens is 184 g/mol. The third-order valence-corrected chi connectivity index (χ3v) is 2.43. The zero-order chi connectivity index (χ0) is 10.3. The molecule has 1 saturated carbocycles. The first-order chi connectivity index (χ1) is 7.45. The molecule has 0 bridgehead atoms. The molecule has 0 unspecified atom stereocenters. The molecule has 1 aromatic rings. The molecule has 15 heavy (non-hydrogen) atoms. The molecule has 0 saturated heterocycles. The van der Waals surface area contributed by atoms with E-state index in [9.17, 15) is 0 Å². The fraction of sp³-hybridized carbons (Fsp3) is 0.429. The van der Waals surface area contributed by atoms with E-state index in [0.717, 1.165) is 31.1 Å². The first kappa shape index (κ1) is 10.3. The van der Waals surface area contributed by atoms with Crippen LogP contribution in [0, 0.1) is 17.8 Å². The molecule has 1 aliphatic carbocycles. The highest BCUT2D eigenvalue weighted by Gasteiger charge is 2.20. The Morgan fingerprint density at radius 3 is 2.73 bits per heavy atom. The molecule has 0 aliphatic heterocycles. The van der Waals surface area contributed by atoms with E-state index in [-0.39, 0.29) is 0 Å². The Morgan fingerprint density at radius 2 is 2.00 bits per heavy atom. The van der Waals surface area contributed by atoms with Crippen molar-refractivity contribution >= 4 is 0 Å². The van der Waals surface area contributed by atoms with Gasteiger partial charge in [-0.1, -0.05) is 30.0 Å². The largest absolute Gasteiger partial charge is 0.380 e. The zero-order valence-electron chi connectivity index (χ0n) is 8.91. The van der Waals surface area contributed by atoms with Crippen LogP contribution in [0.3, 0.4) is 0 Å². The maximum atomic E-state index is 5.49. The summed E-state index contributed by atoms with van der Waals surface area (Å²) in [5, 5.41) is 0. The molecule has 78 valence electrons. The Balaban J connectivity index is 1.62. The van der Waals surface area contributed by atoms with Gasteiger partial charge in [0.2, 0.25) is 0 Å². The second kappa shape index (κ2) is 5.58. The van der Waals surface area contributed by atoms with Gasteiger partial charge in [-0.05, 0) is 30.9 Å². The lowest BCUT2D eigenvalue weighted by molar-refractivity contribution is 0.130. The van der Waals surface area contributed by atoms with Crippen LogP contribution in [0.25, 0.3) is 0 Å². The summed E-state index contributed by atoms with van der Waals surface area (Å²) < 4.78 is 5.49. The number of benzene rings is 1. The molecular formula is C14H16O. The van der Waals surface area contributed by atoms with Crippen molar-refractivity contribution in [3.63, 3.8) is 0 Å². The van der Waals surface area contributed by atoms with Crippen LogP contribution in [0.15, 0.2) is 30.3 Å². The standard InChI is InChI=1S/C14H16O/c1-2-6-13(7-3-1)8-4-5-11-15-12-14-9-10-14/h1-3,6-7,14H,5,9-12H2. The molecule has 0 atom stereocenters. The van der Waals surface area contributed by atoms with Gasteiger partial charge < -0.3 is 4.74 Å². The normalized spacial score (nSPS) is 14.4. The minimum Gasteiger partial charge on any atom is -0.380 e. The van der Waals surface area contributed by atoms with Gasteiger partial charge in [-0.3, -0.25) is 0 Å². The molecule has 0 amide bonds. The van der Waals surface area contributed by atoms with Crippen LogP contribution in [0.4, 0.5) is 0 Å². The van der Waals surface area contributed by atoms with Gasteiger partial charge in [-0.2, -0.15) is 0 Å². The van der Waals surface area contributed by atoms with Gasteiger partial charge in [0.1, 0.15) is 0 Å². The van der Waals surface area contributed by atoms with E-state index < -0.39 is 0 Å². The molecule has 1 aliphatic rings. The first-order valence-corrected chi connectivity index (χ1v) is 5.57. The quantitative estimate of drug-likeness (QED) is 0.536. The lowest BCUT2D eigenvalue weighted by atomic mass is 10.2. The second-order valence-electron chi connectivity index (χ2n) is 3.94. The topological polar surface area (TPSA) is 9.23 Å². The molecule has 1 nitrogen and oxygen atoms in total. The predicted octanol–water partition coefficient (Wildman–Crippen LogP) is 2.85. The second-order valence-corrected chi connectivity index (χ2v) is 3.94. The number of ether oxygens (including phenoxy) is 1. The third-order valence-electron chi connectivity index (χ3n) is 2.43. The first-order valence-electron chi connectivity index (χ1n) is 5.57. The molecule has 1 heteroatoms. The molecule has 0 heterocycles. The van der Waals surface area contributed by atoms with E-state index in [2.05, 4.69) is 11.8 Å². The predicted molar refractivity (Wildman–Crippen MR) is 61.5 cm³/mol. The van der Waals surface area contributed by atoms with Crippen molar-refractivity contribution in [2.45, 2.75) is 19.3 Å². The van der Waals surface area contributed by atoms with Gasteiger partial charge in [0.25, 0.3) is 0 Å². The van der Waals surface area contributed by atoms with Gasteiger partial charge in [0.05, 0.1) is 6.61 Å². The van der Waals surface area contributed by atoms with E-state index in [4.69, 9.17) is 4.74 Å². The molecule has 0 radical (unpaired) electrons. The summed E-state index contributed by atoms with van der Waals surface area (Å²) in [5.74, 6) is 7.09. The molecule has 1 aromatic carbocycles. The Morgan fingerprint density at radius 1 is 1.20 bits per heavy atom. The van der Waals surface area contributed by atoms with Gasteiger partial charge in [0, 0.05) is 18.6 Å². The molecule has 2 rings (SSSR count). The number of hydrogen-bond donors (Lipinski definition) is 0. The minimum absolute atomic E-state index is 0.774. The van der Waals surface area contributed by atoms with Crippen molar-refractivity contribution in [3.05, 3.63) is 35.9 Å². The van der Waals surface area contributed by atoms with E-state index in [1.165, 1.54) is 12.8 Å². The van der Waals surface area contributed by atoms with Gasteiger partial charge >= 0.3 is 0 Å². The lowest BCUT2D eigenvalue weighted by Crippen LogP contribution is -1.97. The van der Waals surface area contributed by atoms with Crippen molar-refractivity contribution < 1.29 is 4.74 Å². The highest BCUT2D eigenvalue weighted by molar-refractivity contribution is 5.33. The van der Waals surface area contributed by atoms with Crippen molar-refractivity contribution in [3.8, 4) is 11.8 Å². The summed E-state index contributed by atoms with van der Waals surface area (Å²) in [6.07, 6.45) is 3.55. The maximum absolute atomic E-state index is 5.49. The summed E-state index contributed by atoms with van der Waals surface area (Å²) in [4.78, 5) is 0. The maximum Gasteiger partial charge on any atom is 0.0575 e. The number of rotatable bonds is 4. The molecule has 0 spiro atoms. The van der Waals surface area contributed by atoms with Crippen LogP contribution in [0.1, 0.15) is 24.8 Å². The monoisotopic (exact) mass is 200 g/mol. The van der Waals surface area contributed by atoms with E-state index >= 15 is 0 Å². The van der Waals surface area contributed by atoms with Crippen LogP contribution in [-0.4, -0.2) is 13.2 Å². The average Bonchev–Trinajstić information content (AvgIpc) is 3.09. The Kier molecular flexibility index (Phi) is 3.82. The molecule has 0 N–H and O–H groups in total. The highest BCUT2D eigenvalue weighted by Crippen LogP contribution is 2.28. The van der Waals surface area contributed by atoms with E-state index in [0.29, 0.717) is 0 Å². The molecule has 0 aromatic heterocycles. The summed E-state index contributed by atoms with van der Waals surface area (Å²) in [6, 6.07) is 10.1. The fourth-order valence-corrected chi connectivity index (χ4v) is 1.34. The average molecular weight is 200 g/mol. The summed E-state index contributed by atoms with van der Waals surface area (Å²) >= 11 is 0. The van der Waals surface area contributed by atoms with E-state index in [1.54, 1.807) is 0 Å². The minimum atomic E-state index is 0.774. The summed E-state index contributed by atoms with van der Waals surface area (Å²) in [6.45, 7) is 1.71. The number of hydrogen-bond acceptors (Lipinski definition) is 1. The van der Waals surface area contributed by atoms with Crippen LogP contribution < -0.4 is 0 Å². The van der Waals surface area contributed by atoms with Gasteiger partial charge in [-0.25, -0.2) is 0 Å². The van der Waals surface area contributed by atoms with Crippen molar-refractivity contribution in [2.24, 2.45) is 5.92 Å². The lowest BCUT2D eigenvalue weighted by Gasteiger charge is -1.97. The van der Waals surface area contributed by atoms with Crippen molar-refractivity contribution in [1.29, 1.82) is 0 Å². The Bertz CT molecular complexity index is 341. The van der Waals surface area contributed by atoms with Crippen LogP contribution in [0.2, 0.25) is 0 Å². The Labute approximate surface area is 91.5 Å². The summed E-state index contributed by atoms with van der Waals surface area (Å²) in [7, 11) is 0. The van der Waals surface area contributed by atoms with Crippen molar-refractivity contribution in [2.75, 3.05) is 13.2 Å². The van der Waals surface area contributed by atoms with Crippen LogP contribution >= 0.6 is 0 Å². The molecule has 1 fully saturated rings. The third kappa shape index (κ3) is 4.18. The van der Waals surface area contributed by atoms with Crippen molar-refractivity contribution in [1.82, 2.24) is 0 Å². The highest BCUT2D eigenvalue weighted by atomic mass is 16.5.